The molecule has 0 heterocycles. The van der Waals surface area contributed by atoms with Crippen LogP contribution in [0.15, 0.2) is 84.0 Å². The van der Waals surface area contributed by atoms with E-state index < -0.39 is 23.8 Å². The predicted octanol–water partition coefficient (Wildman–Crippen LogP) is 3.59. The van der Waals surface area contributed by atoms with Crippen LogP contribution in [-0.4, -0.2) is 22.2 Å². The van der Waals surface area contributed by atoms with Crippen molar-refractivity contribution < 1.29 is 19.8 Å². The Bertz CT molecular complexity index is 750. The molecule has 0 spiro atoms. The van der Waals surface area contributed by atoms with Gasteiger partial charge in [-0.3, -0.25) is 0 Å². The minimum atomic E-state index is -1.20. The average Bonchev–Trinajstić information content (AvgIpc) is 2.61. The van der Waals surface area contributed by atoms with Crippen LogP contribution >= 0.6 is 0 Å². The summed E-state index contributed by atoms with van der Waals surface area (Å²) in [5.74, 6) is -3.55. The molecule has 0 bridgehead atoms. The van der Waals surface area contributed by atoms with E-state index in [1.165, 1.54) is 0 Å². The molecule has 120 valence electrons. The Labute approximate surface area is 139 Å². The fraction of sp³-hybridized carbons (Fsp3) is 0.100. The summed E-state index contributed by atoms with van der Waals surface area (Å²) in [5, 5.41) is 19.4. The van der Waals surface area contributed by atoms with Crippen LogP contribution in [-0.2, 0) is 9.59 Å². The lowest BCUT2D eigenvalue weighted by atomic mass is 9.76. The number of hydrogen-bond acceptors (Lipinski definition) is 2. The molecule has 0 radical (unpaired) electrons. The summed E-state index contributed by atoms with van der Waals surface area (Å²) >= 11 is 0. The number of aliphatic carboxylic acids is 2. The predicted molar refractivity (Wildman–Crippen MR) is 89.8 cm³/mol. The second-order valence-corrected chi connectivity index (χ2v) is 5.60. The van der Waals surface area contributed by atoms with Gasteiger partial charge in [0.05, 0.1) is 11.1 Å². The average molecular weight is 320 g/mol. The molecule has 0 amide bonds. The van der Waals surface area contributed by atoms with Crippen molar-refractivity contribution in [3.63, 3.8) is 0 Å². The highest BCUT2D eigenvalue weighted by Gasteiger charge is 2.35. The van der Waals surface area contributed by atoms with Crippen molar-refractivity contribution in [1.29, 1.82) is 0 Å². The minimum Gasteiger partial charge on any atom is -0.478 e. The lowest BCUT2D eigenvalue weighted by Crippen LogP contribution is -2.23. The van der Waals surface area contributed by atoms with Gasteiger partial charge in [-0.05, 0) is 11.1 Å². The molecule has 0 saturated heterocycles. The zero-order chi connectivity index (χ0) is 17.1. The third kappa shape index (κ3) is 2.86. The Kier molecular flexibility index (Phi) is 4.29. The summed E-state index contributed by atoms with van der Waals surface area (Å²) in [6.07, 6.45) is 3.56. The van der Waals surface area contributed by atoms with Gasteiger partial charge in [0.1, 0.15) is 0 Å². The Morgan fingerprint density at radius 1 is 0.625 bits per heavy atom. The topological polar surface area (TPSA) is 74.6 Å². The maximum Gasteiger partial charge on any atom is 0.333 e. The van der Waals surface area contributed by atoms with Gasteiger partial charge in [0.25, 0.3) is 0 Å². The Balaban J connectivity index is 2.17. The molecular formula is C20H16O4. The Morgan fingerprint density at radius 2 is 0.958 bits per heavy atom. The molecule has 0 aromatic heterocycles. The molecule has 2 aromatic rings. The number of benzene rings is 2. The quantitative estimate of drug-likeness (QED) is 0.844. The van der Waals surface area contributed by atoms with Crippen molar-refractivity contribution in [3.8, 4) is 0 Å². The number of carboxylic acid groups (broad SMARTS) is 2. The molecule has 2 atom stereocenters. The normalized spacial score (nSPS) is 20.0. The van der Waals surface area contributed by atoms with Gasteiger partial charge >= 0.3 is 11.9 Å². The van der Waals surface area contributed by atoms with Crippen LogP contribution in [0.25, 0.3) is 0 Å². The largest absolute Gasteiger partial charge is 0.478 e. The first-order chi connectivity index (χ1) is 11.6. The van der Waals surface area contributed by atoms with E-state index >= 15 is 0 Å². The molecule has 1 aliphatic carbocycles. The molecule has 3 rings (SSSR count). The first-order valence-corrected chi connectivity index (χ1v) is 7.58. The van der Waals surface area contributed by atoms with Gasteiger partial charge in [-0.15, -0.1) is 0 Å². The number of allylic oxidation sites excluding steroid dienone is 2. The van der Waals surface area contributed by atoms with Crippen LogP contribution in [0.4, 0.5) is 0 Å². The minimum absolute atomic E-state index is 0.0787. The van der Waals surface area contributed by atoms with Crippen LogP contribution in [0.5, 0.6) is 0 Å². The van der Waals surface area contributed by atoms with Crippen LogP contribution in [0.2, 0.25) is 0 Å². The molecular weight excluding hydrogens is 304 g/mol. The standard InChI is InChI=1S/C20H16O4/c21-19(22)17-15(13-7-3-1-4-8-13)11-12-16(18(17)20(23)24)14-9-5-2-6-10-14/h1-12,15-16H,(H,21,22)(H,23,24)/t15-,16-/m1/s1. The Morgan fingerprint density at radius 3 is 1.25 bits per heavy atom. The van der Waals surface area contributed by atoms with Crippen molar-refractivity contribution in [3.05, 3.63) is 95.1 Å². The van der Waals surface area contributed by atoms with Gasteiger partial charge in [0.2, 0.25) is 0 Å². The van der Waals surface area contributed by atoms with E-state index in [1.54, 1.807) is 36.4 Å². The molecule has 4 nitrogen and oxygen atoms in total. The first kappa shape index (κ1) is 15.7. The summed E-state index contributed by atoms with van der Waals surface area (Å²) in [6.45, 7) is 0. The second kappa shape index (κ2) is 6.54. The summed E-state index contributed by atoms with van der Waals surface area (Å²) in [7, 11) is 0. The van der Waals surface area contributed by atoms with Crippen molar-refractivity contribution >= 4 is 11.9 Å². The molecule has 0 unspecified atom stereocenters. The van der Waals surface area contributed by atoms with Crippen LogP contribution in [0.1, 0.15) is 23.0 Å². The summed E-state index contributed by atoms with van der Waals surface area (Å²) in [4.78, 5) is 23.7. The Hall–Kier alpha value is -3.14. The van der Waals surface area contributed by atoms with Crippen molar-refractivity contribution in [2.24, 2.45) is 0 Å². The van der Waals surface area contributed by atoms with Gasteiger partial charge in [-0.1, -0.05) is 72.8 Å². The highest BCUT2D eigenvalue weighted by atomic mass is 16.4. The van der Waals surface area contributed by atoms with E-state index in [-0.39, 0.29) is 11.1 Å². The van der Waals surface area contributed by atoms with Gasteiger partial charge in [0.15, 0.2) is 0 Å². The highest BCUT2D eigenvalue weighted by molar-refractivity contribution is 6.02. The maximum atomic E-state index is 11.9. The fourth-order valence-corrected chi connectivity index (χ4v) is 3.12. The zero-order valence-electron chi connectivity index (χ0n) is 12.8. The van der Waals surface area contributed by atoms with Crippen molar-refractivity contribution in [2.75, 3.05) is 0 Å². The van der Waals surface area contributed by atoms with E-state index in [9.17, 15) is 19.8 Å². The van der Waals surface area contributed by atoms with E-state index in [4.69, 9.17) is 0 Å². The first-order valence-electron chi connectivity index (χ1n) is 7.58. The van der Waals surface area contributed by atoms with Crippen LogP contribution in [0, 0.1) is 0 Å². The SMILES string of the molecule is O=C(O)C1=C(C(=O)O)[C@@H](c2ccccc2)C=C[C@@H]1c1ccccc1. The molecule has 2 aromatic carbocycles. The fourth-order valence-electron chi connectivity index (χ4n) is 3.12. The lowest BCUT2D eigenvalue weighted by Gasteiger charge is -2.26. The molecule has 0 fully saturated rings. The van der Waals surface area contributed by atoms with Crippen molar-refractivity contribution in [2.45, 2.75) is 11.8 Å². The summed E-state index contributed by atoms with van der Waals surface area (Å²) < 4.78 is 0. The molecule has 4 heteroatoms. The van der Waals surface area contributed by atoms with E-state index in [2.05, 4.69) is 0 Å². The smallest absolute Gasteiger partial charge is 0.333 e. The maximum absolute atomic E-state index is 11.9. The van der Waals surface area contributed by atoms with E-state index in [1.807, 2.05) is 36.4 Å². The molecule has 2 N–H and O–H groups in total. The molecule has 0 saturated carbocycles. The van der Waals surface area contributed by atoms with Gasteiger partial charge < -0.3 is 10.2 Å². The third-order valence-corrected chi connectivity index (χ3v) is 4.19. The summed E-state index contributed by atoms with van der Waals surface area (Å²) in [6, 6.07) is 18.1. The molecule has 24 heavy (non-hydrogen) atoms. The summed E-state index contributed by atoms with van der Waals surface area (Å²) in [5.41, 5.74) is 1.36. The van der Waals surface area contributed by atoms with Crippen molar-refractivity contribution in [1.82, 2.24) is 0 Å². The zero-order valence-corrected chi connectivity index (χ0v) is 12.8. The molecule has 0 aliphatic heterocycles. The number of carboxylic acids is 2. The number of carbonyl (C=O) groups is 2. The van der Waals surface area contributed by atoms with E-state index in [0.29, 0.717) is 0 Å². The third-order valence-electron chi connectivity index (χ3n) is 4.19. The number of hydrogen-bond donors (Lipinski definition) is 2. The van der Waals surface area contributed by atoms with E-state index in [0.717, 1.165) is 11.1 Å². The van der Waals surface area contributed by atoms with Crippen LogP contribution in [0.3, 0.4) is 0 Å². The second-order valence-electron chi connectivity index (χ2n) is 5.60. The monoisotopic (exact) mass is 320 g/mol. The van der Waals surface area contributed by atoms with Gasteiger partial charge in [-0.25, -0.2) is 9.59 Å². The van der Waals surface area contributed by atoms with Gasteiger partial charge in [-0.2, -0.15) is 0 Å². The molecule has 1 aliphatic rings. The van der Waals surface area contributed by atoms with Crippen LogP contribution < -0.4 is 0 Å². The lowest BCUT2D eigenvalue weighted by molar-refractivity contribution is -0.136. The van der Waals surface area contributed by atoms with Gasteiger partial charge in [0, 0.05) is 11.8 Å². The highest BCUT2D eigenvalue weighted by Crippen LogP contribution is 2.40. The number of rotatable bonds is 4.